The van der Waals surface area contributed by atoms with Gasteiger partial charge in [-0.1, -0.05) is 0 Å². The molecule has 2 aromatic heterocycles. The molecule has 3 heterocycles. The van der Waals surface area contributed by atoms with Crippen LogP contribution in [0.25, 0.3) is 10.2 Å². The number of hydrogen-bond donors (Lipinski definition) is 1. The molecule has 1 aliphatic heterocycles. The highest BCUT2D eigenvalue weighted by Crippen LogP contribution is 2.12. The second-order valence-electron chi connectivity index (χ2n) is 4.79. The molecule has 8 nitrogen and oxygen atoms in total. The minimum absolute atomic E-state index is 0.137. The van der Waals surface area contributed by atoms with Gasteiger partial charge in [0.15, 0.2) is 0 Å². The third-order valence-electron chi connectivity index (χ3n) is 3.38. The molecule has 0 atom stereocenters. The van der Waals surface area contributed by atoms with E-state index >= 15 is 0 Å². The van der Waals surface area contributed by atoms with Gasteiger partial charge < -0.3 is 4.74 Å². The molecule has 0 aromatic carbocycles. The number of morpholine rings is 1. The van der Waals surface area contributed by atoms with Crippen LogP contribution in [0.5, 0.6) is 0 Å². The number of nitrogens with zero attached hydrogens (tertiary/aromatic N) is 3. The lowest BCUT2D eigenvalue weighted by atomic mass is 10.4. The Labute approximate surface area is 131 Å². The molecule has 1 saturated heterocycles. The zero-order valence-electron chi connectivity index (χ0n) is 11.8. The van der Waals surface area contributed by atoms with Crippen LogP contribution in [0.2, 0.25) is 0 Å². The normalized spacial score (nSPS) is 17.1. The van der Waals surface area contributed by atoms with Gasteiger partial charge in [-0.25, -0.2) is 9.71 Å². The Morgan fingerprint density at radius 3 is 2.91 bits per heavy atom. The number of nitrogens with one attached hydrogen (secondary N) is 1. The molecule has 22 heavy (non-hydrogen) atoms. The van der Waals surface area contributed by atoms with Crippen LogP contribution < -0.4 is 10.3 Å². The zero-order valence-corrected chi connectivity index (χ0v) is 13.4. The van der Waals surface area contributed by atoms with Crippen molar-refractivity contribution in [3.8, 4) is 0 Å². The molecule has 10 heteroatoms. The summed E-state index contributed by atoms with van der Waals surface area (Å²) in [5.41, 5.74) is 0.519. The number of hydrogen-bond acceptors (Lipinski definition) is 6. The van der Waals surface area contributed by atoms with Crippen molar-refractivity contribution in [1.82, 2.24) is 18.6 Å². The molecular formula is C12H16N4O4S2. The molecule has 0 saturated carbocycles. The van der Waals surface area contributed by atoms with Gasteiger partial charge in [-0.15, -0.1) is 11.3 Å². The van der Waals surface area contributed by atoms with Crippen molar-refractivity contribution in [3.05, 3.63) is 28.1 Å². The summed E-state index contributed by atoms with van der Waals surface area (Å²) in [6.07, 6.45) is 1.44. The lowest BCUT2D eigenvalue weighted by molar-refractivity contribution is 0.0725. The van der Waals surface area contributed by atoms with E-state index in [0.29, 0.717) is 36.5 Å². The minimum Gasteiger partial charge on any atom is -0.379 e. The first-order valence-electron chi connectivity index (χ1n) is 6.83. The smallest absolute Gasteiger partial charge is 0.279 e. The maximum atomic E-state index is 12.2. The highest BCUT2D eigenvalue weighted by Gasteiger charge is 2.23. The fourth-order valence-electron chi connectivity index (χ4n) is 2.21. The molecule has 0 spiro atoms. The van der Waals surface area contributed by atoms with Crippen LogP contribution >= 0.6 is 11.3 Å². The first-order valence-corrected chi connectivity index (χ1v) is 9.15. The van der Waals surface area contributed by atoms with E-state index in [-0.39, 0.29) is 18.6 Å². The molecule has 0 amide bonds. The monoisotopic (exact) mass is 344 g/mol. The van der Waals surface area contributed by atoms with Crippen LogP contribution in [0.1, 0.15) is 0 Å². The molecule has 2 aromatic rings. The Balaban J connectivity index is 1.64. The van der Waals surface area contributed by atoms with Crippen LogP contribution in [-0.4, -0.2) is 55.1 Å². The quantitative estimate of drug-likeness (QED) is 0.798. The fourth-order valence-corrected chi connectivity index (χ4v) is 4.17. The van der Waals surface area contributed by atoms with E-state index in [2.05, 4.69) is 9.71 Å². The van der Waals surface area contributed by atoms with Crippen molar-refractivity contribution < 1.29 is 13.2 Å². The summed E-state index contributed by atoms with van der Waals surface area (Å²) >= 11 is 1.33. The van der Waals surface area contributed by atoms with Gasteiger partial charge in [0.25, 0.3) is 15.8 Å². The van der Waals surface area contributed by atoms with Crippen molar-refractivity contribution in [2.45, 2.75) is 6.54 Å². The van der Waals surface area contributed by atoms with Crippen LogP contribution in [-0.2, 0) is 21.5 Å². The summed E-state index contributed by atoms with van der Waals surface area (Å²) in [6.45, 7) is 1.87. The summed E-state index contributed by atoms with van der Waals surface area (Å²) in [6, 6.07) is 1.78. The van der Waals surface area contributed by atoms with E-state index in [4.69, 9.17) is 4.74 Å². The maximum absolute atomic E-state index is 12.2. The molecule has 120 valence electrons. The molecule has 3 rings (SSSR count). The van der Waals surface area contributed by atoms with E-state index in [1.54, 1.807) is 6.07 Å². The number of rotatable bonds is 5. The topological polar surface area (TPSA) is 93.5 Å². The Kier molecular flexibility index (Phi) is 4.54. The van der Waals surface area contributed by atoms with Crippen molar-refractivity contribution in [3.63, 3.8) is 0 Å². The Bertz CT molecular complexity index is 808. The van der Waals surface area contributed by atoms with E-state index in [9.17, 15) is 13.2 Å². The first kappa shape index (κ1) is 15.6. The third kappa shape index (κ3) is 3.20. The first-order chi connectivity index (χ1) is 10.6. The molecular weight excluding hydrogens is 328 g/mol. The van der Waals surface area contributed by atoms with E-state index < -0.39 is 10.2 Å². The van der Waals surface area contributed by atoms with E-state index in [0.717, 1.165) is 0 Å². The standard InChI is InChI=1S/C12H16N4O4S2/c17-12-11-10(1-8-21-11)13-9-15(12)3-2-14-22(18,19)16-4-6-20-7-5-16/h1,8-9,14H,2-7H2. The van der Waals surface area contributed by atoms with Gasteiger partial charge in [0, 0.05) is 26.2 Å². The maximum Gasteiger partial charge on any atom is 0.279 e. The predicted octanol–water partition coefficient (Wildman–Crippen LogP) is -0.375. The van der Waals surface area contributed by atoms with Gasteiger partial charge in [-0.05, 0) is 11.4 Å². The average molecular weight is 344 g/mol. The van der Waals surface area contributed by atoms with Gasteiger partial charge in [0.2, 0.25) is 0 Å². The van der Waals surface area contributed by atoms with Crippen LogP contribution in [0.3, 0.4) is 0 Å². The number of fused-ring (bicyclic) bond motifs is 1. The van der Waals surface area contributed by atoms with E-state index in [1.165, 1.54) is 26.5 Å². The number of ether oxygens (including phenoxy) is 1. The van der Waals surface area contributed by atoms with Gasteiger partial charge in [-0.2, -0.15) is 12.7 Å². The van der Waals surface area contributed by atoms with Crippen LogP contribution in [0.4, 0.5) is 0 Å². The van der Waals surface area contributed by atoms with Gasteiger partial charge in [0.05, 0.1) is 25.1 Å². The summed E-state index contributed by atoms with van der Waals surface area (Å²) in [7, 11) is -3.53. The predicted molar refractivity (Wildman–Crippen MR) is 83.2 cm³/mol. The summed E-state index contributed by atoms with van der Waals surface area (Å²) in [4.78, 5) is 16.4. The Morgan fingerprint density at radius 2 is 2.14 bits per heavy atom. The van der Waals surface area contributed by atoms with Crippen molar-refractivity contribution >= 4 is 31.8 Å². The lowest BCUT2D eigenvalue weighted by Crippen LogP contribution is -2.47. The molecule has 1 fully saturated rings. The average Bonchev–Trinajstić information content (AvgIpc) is 3.00. The fraction of sp³-hybridized carbons (Fsp3) is 0.500. The SMILES string of the molecule is O=c1c2sccc2ncn1CCNS(=O)(=O)N1CCOCC1. The minimum atomic E-state index is -3.53. The highest BCUT2D eigenvalue weighted by atomic mass is 32.2. The molecule has 0 radical (unpaired) electrons. The van der Waals surface area contributed by atoms with Gasteiger partial charge in [-0.3, -0.25) is 9.36 Å². The Hall–Kier alpha value is -1.33. The molecule has 1 aliphatic rings. The summed E-state index contributed by atoms with van der Waals surface area (Å²) < 4.78 is 35.2. The van der Waals surface area contributed by atoms with Crippen LogP contribution in [0, 0.1) is 0 Å². The van der Waals surface area contributed by atoms with Crippen molar-refractivity contribution in [2.75, 3.05) is 32.8 Å². The number of aromatic nitrogens is 2. The van der Waals surface area contributed by atoms with Gasteiger partial charge in [0.1, 0.15) is 4.70 Å². The summed E-state index contributed by atoms with van der Waals surface area (Å²) in [5, 5.41) is 1.81. The number of thiophene rings is 1. The zero-order chi connectivity index (χ0) is 15.6. The lowest BCUT2D eigenvalue weighted by Gasteiger charge is -2.26. The molecule has 0 unspecified atom stereocenters. The van der Waals surface area contributed by atoms with Crippen molar-refractivity contribution in [1.29, 1.82) is 0 Å². The highest BCUT2D eigenvalue weighted by molar-refractivity contribution is 7.87. The Morgan fingerprint density at radius 1 is 1.36 bits per heavy atom. The second kappa shape index (κ2) is 6.42. The molecule has 0 aliphatic carbocycles. The second-order valence-corrected chi connectivity index (χ2v) is 7.46. The van der Waals surface area contributed by atoms with Crippen LogP contribution in [0.15, 0.2) is 22.6 Å². The molecule has 0 bridgehead atoms. The van der Waals surface area contributed by atoms with Crippen molar-refractivity contribution in [2.24, 2.45) is 0 Å². The largest absolute Gasteiger partial charge is 0.379 e. The third-order valence-corrected chi connectivity index (χ3v) is 5.89. The van der Waals surface area contributed by atoms with E-state index in [1.807, 2.05) is 5.38 Å². The summed E-state index contributed by atoms with van der Waals surface area (Å²) in [5.74, 6) is 0. The van der Waals surface area contributed by atoms with Gasteiger partial charge >= 0.3 is 0 Å². The molecule has 1 N–H and O–H groups in total.